The maximum absolute atomic E-state index is 5.29. The largest absolute Gasteiger partial charge is 0.497 e. The molecule has 0 amide bonds. The van der Waals surface area contributed by atoms with Gasteiger partial charge in [-0.1, -0.05) is 72.8 Å². The molecular formula is C27H23NO. The van der Waals surface area contributed by atoms with Gasteiger partial charge in [-0.3, -0.25) is 0 Å². The van der Waals surface area contributed by atoms with Gasteiger partial charge in [-0.15, -0.1) is 0 Å². The van der Waals surface area contributed by atoms with Gasteiger partial charge in [0.1, 0.15) is 5.75 Å². The molecular weight excluding hydrogens is 354 g/mol. The van der Waals surface area contributed by atoms with Gasteiger partial charge < -0.3 is 9.64 Å². The van der Waals surface area contributed by atoms with Crippen molar-refractivity contribution in [2.24, 2.45) is 0 Å². The average Bonchev–Trinajstić information content (AvgIpc) is 2.80. The number of anilines is 3. The first-order chi connectivity index (χ1) is 14.3. The standard InChI is InChI=1S/C27H23NO/c1-29-27-14-8-9-23(21-27)16-15-22-17-19-26(20-18-22)28(24-10-4-2-5-11-24)25-12-6-3-7-13-25/h2-21H,1H3. The van der Waals surface area contributed by atoms with Crippen LogP contribution in [0.3, 0.4) is 0 Å². The van der Waals surface area contributed by atoms with Gasteiger partial charge in [0.05, 0.1) is 7.11 Å². The third-order valence-electron chi connectivity index (χ3n) is 4.74. The molecule has 0 saturated heterocycles. The molecule has 29 heavy (non-hydrogen) atoms. The Balaban J connectivity index is 1.61. The van der Waals surface area contributed by atoms with Gasteiger partial charge in [0.2, 0.25) is 0 Å². The van der Waals surface area contributed by atoms with Gasteiger partial charge in [0, 0.05) is 17.1 Å². The fourth-order valence-corrected chi connectivity index (χ4v) is 3.27. The van der Waals surface area contributed by atoms with Gasteiger partial charge >= 0.3 is 0 Å². The van der Waals surface area contributed by atoms with E-state index in [0.29, 0.717) is 0 Å². The minimum atomic E-state index is 0.865. The summed E-state index contributed by atoms with van der Waals surface area (Å²) >= 11 is 0. The molecule has 4 rings (SSSR count). The highest BCUT2D eigenvalue weighted by molar-refractivity contribution is 5.78. The molecule has 0 N–H and O–H groups in total. The second-order valence-electron chi connectivity index (χ2n) is 6.71. The van der Waals surface area contributed by atoms with Crippen LogP contribution >= 0.6 is 0 Å². The topological polar surface area (TPSA) is 12.5 Å². The number of hydrogen-bond donors (Lipinski definition) is 0. The first-order valence-electron chi connectivity index (χ1n) is 9.66. The van der Waals surface area contributed by atoms with Crippen molar-refractivity contribution in [3.05, 3.63) is 120 Å². The molecule has 4 aromatic rings. The van der Waals surface area contributed by atoms with E-state index >= 15 is 0 Å². The van der Waals surface area contributed by atoms with Crippen molar-refractivity contribution < 1.29 is 4.74 Å². The lowest BCUT2D eigenvalue weighted by Gasteiger charge is -2.25. The van der Waals surface area contributed by atoms with Crippen molar-refractivity contribution in [3.63, 3.8) is 0 Å². The molecule has 0 spiro atoms. The molecule has 142 valence electrons. The average molecular weight is 377 g/mol. The smallest absolute Gasteiger partial charge is 0.119 e. The summed E-state index contributed by atoms with van der Waals surface area (Å²) in [4.78, 5) is 2.26. The van der Waals surface area contributed by atoms with E-state index in [0.717, 1.165) is 33.9 Å². The van der Waals surface area contributed by atoms with Crippen LogP contribution in [0.1, 0.15) is 11.1 Å². The zero-order valence-electron chi connectivity index (χ0n) is 16.4. The number of benzene rings is 4. The Bertz CT molecular complexity index is 1030. The second-order valence-corrected chi connectivity index (χ2v) is 6.71. The third-order valence-corrected chi connectivity index (χ3v) is 4.74. The second kappa shape index (κ2) is 8.94. The maximum Gasteiger partial charge on any atom is 0.119 e. The predicted molar refractivity (Wildman–Crippen MR) is 123 cm³/mol. The van der Waals surface area contributed by atoms with Crippen LogP contribution in [0.5, 0.6) is 5.75 Å². The van der Waals surface area contributed by atoms with Crippen molar-refractivity contribution in [3.8, 4) is 5.75 Å². The van der Waals surface area contributed by atoms with Crippen LogP contribution in [-0.4, -0.2) is 7.11 Å². The SMILES string of the molecule is COc1cccc(C=Cc2ccc(N(c3ccccc3)c3ccccc3)cc2)c1. The van der Waals surface area contributed by atoms with Gasteiger partial charge in [0.15, 0.2) is 0 Å². The fraction of sp³-hybridized carbons (Fsp3) is 0.0370. The minimum Gasteiger partial charge on any atom is -0.497 e. The van der Waals surface area contributed by atoms with Crippen LogP contribution < -0.4 is 9.64 Å². The molecule has 0 aliphatic carbocycles. The summed E-state index contributed by atoms with van der Waals surface area (Å²) in [5.74, 6) is 0.865. The Hall–Kier alpha value is -3.78. The highest BCUT2D eigenvalue weighted by Gasteiger charge is 2.11. The number of methoxy groups -OCH3 is 1. The van der Waals surface area contributed by atoms with E-state index in [4.69, 9.17) is 4.74 Å². The van der Waals surface area contributed by atoms with Crippen molar-refractivity contribution in [2.45, 2.75) is 0 Å². The van der Waals surface area contributed by atoms with Crippen molar-refractivity contribution in [1.82, 2.24) is 0 Å². The lowest BCUT2D eigenvalue weighted by Crippen LogP contribution is -2.09. The fourth-order valence-electron chi connectivity index (χ4n) is 3.27. The normalized spacial score (nSPS) is 10.8. The van der Waals surface area contributed by atoms with Crippen LogP contribution in [0.25, 0.3) is 12.2 Å². The van der Waals surface area contributed by atoms with Gasteiger partial charge in [0.25, 0.3) is 0 Å². The molecule has 0 aliphatic heterocycles. The van der Waals surface area contributed by atoms with Gasteiger partial charge in [-0.25, -0.2) is 0 Å². The third kappa shape index (κ3) is 4.56. The molecule has 2 heteroatoms. The van der Waals surface area contributed by atoms with E-state index < -0.39 is 0 Å². The number of rotatable bonds is 6. The Morgan fingerprint density at radius 1 is 0.552 bits per heavy atom. The maximum atomic E-state index is 5.29. The van der Waals surface area contributed by atoms with Gasteiger partial charge in [-0.05, 0) is 59.7 Å². The van der Waals surface area contributed by atoms with Crippen LogP contribution in [-0.2, 0) is 0 Å². The monoisotopic (exact) mass is 377 g/mol. The summed E-state index contributed by atoms with van der Waals surface area (Å²) in [6, 6.07) is 37.5. The quantitative estimate of drug-likeness (QED) is 0.326. The molecule has 0 fully saturated rings. The van der Waals surface area contributed by atoms with E-state index in [1.165, 1.54) is 0 Å². The molecule has 0 bridgehead atoms. The van der Waals surface area contributed by atoms with E-state index in [1.54, 1.807) is 7.11 Å². The Morgan fingerprint density at radius 3 is 1.69 bits per heavy atom. The summed E-state index contributed by atoms with van der Waals surface area (Å²) in [7, 11) is 1.69. The Labute approximate surface area is 172 Å². The van der Waals surface area contributed by atoms with Crippen LogP contribution in [0, 0.1) is 0 Å². The Kier molecular flexibility index (Phi) is 5.73. The molecule has 0 radical (unpaired) electrons. The first kappa shape index (κ1) is 18.6. The molecule has 0 aliphatic rings. The van der Waals surface area contributed by atoms with E-state index in [1.807, 2.05) is 30.3 Å². The molecule has 0 atom stereocenters. The van der Waals surface area contributed by atoms with E-state index in [9.17, 15) is 0 Å². The Morgan fingerprint density at radius 2 is 1.10 bits per heavy atom. The summed E-state index contributed by atoms with van der Waals surface area (Å²) in [5.41, 5.74) is 5.67. The predicted octanol–water partition coefficient (Wildman–Crippen LogP) is 7.34. The van der Waals surface area contributed by atoms with E-state index in [2.05, 4.69) is 95.9 Å². The summed E-state index contributed by atoms with van der Waals surface area (Å²) in [6.45, 7) is 0. The molecule has 0 aromatic heterocycles. The molecule has 0 heterocycles. The summed E-state index contributed by atoms with van der Waals surface area (Å²) < 4.78 is 5.29. The van der Waals surface area contributed by atoms with Gasteiger partial charge in [-0.2, -0.15) is 0 Å². The van der Waals surface area contributed by atoms with Crippen molar-refractivity contribution in [1.29, 1.82) is 0 Å². The number of ether oxygens (including phenoxy) is 1. The number of para-hydroxylation sites is 2. The van der Waals surface area contributed by atoms with Crippen LogP contribution in [0.4, 0.5) is 17.1 Å². The molecule has 4 aromatic carbocycles. The van der Waals surface area contributed by atoms with Crippen molar-refractivity contribution >= 4 is 29.2 Å². The first-order valence-corrected chi connectivity index (χ1v) is 9.66. The van der Waals surface area contributed by atoms with E-state index in [-0.39, 0.29) is 0 Å². The summed E-state index contributed by atoms with van der Waals surface area (Å²) in [6.07, 6.45) is 4.22. The molecule has 2 nitrogen and oxygen atoms in total. The lowest BCUT2D eigenvalue weighted by atomic mass is 10.1. The zero-order valence-corrected chi connectivity index (χ0v) is 16.4. The molecule has 0 saturated carbocycles. The minimum absolute atomic E-state index is 0.865. The number of nitrogens with zero attached hydrogens (tertiary/aromatic N) is 1. The van der Waals surface area contributed by atoms with Crippen LogP contribution in [0.15, 0.2) is 109 Å². The highest BCUT2D eigenvalue weighted by Crippen LogP contribution is 2.34. The zero-order chi connectivity index (χ0) is 19.9. The molecule has 0 unspecified atom stereocenters. The van der Waals surface area contributed by atoms with Crippen molar-refractivity contribution in [2.75, 3.05) is 12.0 Å². The highest BCUT2D eigenvalue weighted by atomic mass is 16.5. The number of hydrogen-bond acceptors (Lipinski definition) is 2. The summed E-state index contributed by atoms with van der Waals surface area (Å²) in [5, 5.41) is 0. The van der Waals surface area contributed by atoms with Crippen LogP contribution in [0.2, 0.25) is 0 Å². The lowest BCUT2D eigenvalue weighted by molar-refractivity contribution is 0.414.